The number of hydrogen-bond donors (Lipinski definition) is 1. The van der Waals surface area contributed by atoms with E-state index in [0.717, 1.165) is 25.2 Å². The highest BCUT2D eigenvalue weighted by atomic mass is 16.2. The number of nitrogen functional groups attached to an aromatic ring is 1. The molecule has 0 aliphatic heterocycles. The van der Waals surface area contributed by atoms with Crippen LogP contribution in [0.15, 0.2) is 18.2 Å². The maximum absolute atomic E-state index is 12.7. The molecule has 2 N–H and O–H groups in total. The van der Waals surface area contributed by atoms with E-state index in [1.165, 1.54) is 0 Å². The second-order valence-corrected chi connectivity index (χ2v) is 6.02. The number of carbonyl (C=O) groups is 1. The predicted molar refractivity (Wildman–Crippen MR) is 84.9 cm³/mol. The van der Waals surface area contributed by atoms with Gasteiger partial charge in [0.25, 0.3) is 5.91 Å². The minimum atomic E-state index is 0.0744. The summed E-state index contributed by atoms with van der Waals surface area (Å²) in [6, 6.07) is 5.52. The first-order chi connectivity index (χ1) is 9.31. The van der Waals surface area contributed by atoms with Gasteiger partial charge in [-0.25, -0.2) is 0 Å². The van der Waals surface area contributed by atoms with Crippen LogP contribution in [0.1, 0.15) is 29.8 Å². The van der Waals surface area contributed by atoms with Gasteiger partial charge in [-0.1, -0.05) is 19.9 Å². The molecule has 112 valence electrons. The zero-order chi connectivity index (χ0) is 15.3. The van der Waals surface area contributed by atoms with Crippen molar-refractivity contribution in [2.24, 2.45) is 5.92 Å². The molecule has 0 spiro atoms. The van der Waals surface area contributed by atoms with Crippen molar-refractivity contribution in [1.82, 2.24) is 9.80 Å². The van der Waals surface area contributed by atoms with Crippen molar-refractivity contribution < 1.29 is 4.79 Å². The van der Waals surface area contributed by atoms with Gasteiger partial charge >= 0.3 is 0 Å². The highest BCUT2D eigenvalue weighted by Crippen LogP contribution is 2.16. The lowest BCUT2D eigenvalue weighted by Gasteiger charge is -2.27. The molecule has 1 rings (SSSR count). The third-order valence-corrected chi connectivity index (χ3v) is 3.18. The topological polar surface area (TPSA) is 49.6 Å². The third-order valence-electron chi connectivity index (χ3n) is 3.18. The number of likely N-dealkylation sites (N-methyl/N-ethyl adjacent to an activating group) is 1. The standard InChI is InChI=1S/C16H27N3O/c1-12(2)11-19(9-8-18(4)5)16(20)15-10-14(17)7-6-13(15)3/h6-7,10,12H,8-9,11,17H2,1-5H3. The molecule has 0 saturated heterocycles. The summed E-state index contributed by atoms with van der Waals surface area (Å²) >= 11 is 0. The van der Waals surface area contributed by atoms with Crippen LogP contribution in [-0.2, 0) is 0 Å². The molecule has 0 aromatic heterocycles. The van der Waals surface area contributed by atoms with Crippen LogP contribution in [0.3, 0.4) is 0 Å². The van der Waals surface area contributed by atoms with Gasteiger partial charge in [0.05, 0.1) is 0 Å². The molecular weight excluding hydrogens is 250 g/mol. The zero-order valence-electron chi connectivity index (χ0n) is 13.3. The van der Waals surface area contributed by atoms with Crippen molar-refractivity contribution in [2.45, 2.75) is 20.8 Å². The first-order valence-electron chi connectivity index (χ1n) is 7.11. The van der Waals surface area contributed by atoms with Crippen LogP contribution in [0.25, 0.3) is 0 Å². The third kappa shape index (κ3) is 4.85. The van der Waals surface area contributed by atoms with Crippen LogP contribution in [0.4, 0.5) is 5.69 Å². The summed E-state index contributed by atoms with van der Waals surface area (Å²) in [5, 5.41) is 0. The van der Waals surface area contributed by atoms with Crippen LogP contribution in [0.5, 0.6) is 0 Å². The van der Waals surface area contributed by atoms with E-state index in [-0.39, 0.29) is 5.91 Å². The van der Waals surface area contributed by atoms with Crippen LogP contribution in [0.2, 0.25) is 0 Å². The van der Waals surface area contributed by atoms with Crippen molar-refractivity contribution in [3.05, 3.63) is 29.3 Å². The van der Waals surface area contributed by atoms with E-state index in [0.29, 0.717) is 17.2 Å². The SMILES string of the molecule is Cc1ccc(N)cc1C(=O)N(CCN(C)C)CC(C)C. The highest BCUT2D eigenvalue weighted by Gasteiger charge is 2.18. The quantitative estimate of drug-likeness (QED) is 0.811. The predicted octanol–water partition coefficient (Wildman–Crippen LogP) is 2.24. The molecule has 0 aliphatic carbocycles. The Bertz CT molecular complexity index is 455. The number of nitrogens with zero attached hydrogens (tertiary/aromatic N) is 2. The highest BCUT2D eigenvalue weighted by molar-refractivity contribution is 5.96. The van der Waals surface area contributed by atoms with Crippen LogP contribution in [0, 0.1) is 12.8 Å². The number of amides is 1. The van der Waals surface area contributed by atoms with Gasteiger partial charge in [0.2, 0.25) is 0 Å². The number of hydrogen-bond acceptors (Lipinski definition) is 3. The Morgan fingerprint density at radius 3 is 2.45 bits per heavy atom. The van der Waals surface area contributed by atoms with E-state index in [9.17, 15) is 4.79 Å². The van der Waals surface area contributed by atoms with Gasteiger partial charge in [0, 0.05) is 30.9 Å². The lowest BCUT2D eigenvalue weighted by molar-refractivity contribution is 0.0724. The van der Waals surface area contributed by atoms with Crippen LogP contribution < -0.4 is 5.73 Å². The average Bonchev–Trinajstić information content (AvgIpc) is 2.36. The van der Waals surface area contributed by atoms with E-state index in [1.807, 2.05) is 38.1 Å². The molecule has 4 heteroatoms. The summed E-state index contributed by atoms with van der Waals surface area (Å²) in [6.45, 7) is 8.56. The number of aryl methyl sites for hydroxylation is 1. The molecule has 0 atom stereocenters. The number of anilines is 1. The Balaban J connectivity index is 2.93. The molecule has 1 aromatic rings. The van der Waals surface area contributed by atoms with Crippen LogP contribution in [-0.4, -0.2) is 49.4 Å². The van der Waals surface area contributed by atoms with E-state index >= 15 is 0 Å². The molecule has 0 saturated carbocycles. The normalized spacial score (nSPS) is 11.2. The molecule has 1 amide bonds. The van der Waals surface area contributed by atoms with E-state index in [2.05, 4.69) is 18.7 Å². The maximum Gasteiger partial charge on any atom is 0.254 e. The maximum atomic E-state index is 12.7. The summed E-state index contributed by atoms with van der Waals surface area (Å²) in [5.74, 6) is 0.521. The van der Waals surface area contributed by atoms with Crippen LogP contribution >= 0.6 is 0 Å². The van der Waals surface area contributed by atoms with Gasteiger partial charge < -0.3 is 15.5 Å². The average molecular weight is 277 g/mol. The molecule has 0 unspecified atom stereocenters. The Labute approximate surface area is 122 Å². The van der Waals surface area contributed by atoms with Crippen molar-refractivity contribution in [3.63, 3.8) is 0 Å². The fourth-order valence-electron chi connectivity index (χ4n) is 2.08. The molecular formula is C16H27N3O. The Morgan fingerprint density at radius 2 is 1.90 bits per heavy atom. The number of rotatable bonds is 6. The minimum Gasteiger partial charge on any atom is -0.399 e. The summed E-state index contributed by atoms with van der Waals surface area (Å²) in [6.07, 6.45) is 0. The summed E-state index contributed by atoms with van der Waals surface area (Å²) in [5.41, 5.74) is 8.13. The summed E-state index contributed by atoms with van der Waals surface area (Å²) in [4.78, 5) is 16.7. The smallest absolute Gasteiger partial charge is 0.254 e. The lowest BCUT2D eigenvalue weighted by atomic mass is 10.1. The Morgan fingerprint density at radius 1 is 1.25 bits per heavy atom. The van der Waals surface area contributed by atoms with Gasteiger partial charge in [-0.15, -0.1) is 0 Å². The molecule has 0 bridgehead atoms. The second-order valence-electron chi connectivity index (χ2n) is 6.02. The monoisotopic (exact) mass is 277 g/mol. The zero-order valence-corrected chi connectivity index (χ0v) is 13.3. The minimum absolute atomic E-state index is 0.0744. The van der Waals surface area contributed by atoms with Gasteiger partial charge in [-0.3, -0.25) is 4.79 Å². The second kappa shape index (κ2) is 7.29. The fraction of sp³-hybridized carbons (Fsp3) is 0.562. The number of carbonyl (C=O) groups excluding carboxylic acids is 1. The number of benzene rings is 1. The summed E-state index contributed by atoms with van der Waals surface area (Å²) < 4.78 is 0. The van der Waals surface area contributed by atoms with E-state index < -0.39 is 0 Å². The van der Waals surface area contributed by atoms with Crippen molar-refractivity contribution in [2.75, 3.05) is 39.5 Å². The van der Waals surface area contributed by atoms with E-state index in [1.54, 1.807) is 6.07 Å². The van der Waals surface area contributed by atoms with Gasteiger partial charge in [0.15, 0.2) is 0 Å². The first kappa shape index (κ1) is 16.5. The number of nitrogens with two attached hydrogens (primary N) is 1. The Kier molecular flexibility index (Phi) is 6.02. The van der Waals surface area contributed by atoms with Crippen molar-refractivity contribution in [1.29, 1.82) is 0 Å². The molecule has 4 nitrogen and oxygen atoms in total. The molecule has 0 aliphatic rings. The van der Waals surface area contributed by atoms with Crippen molar-refractivity contribution >= 4 is 11.6 Å². The largest absolute Gasteiger partial charge is 0.399 e. The molecule has 20 heavy (non-hydrogen) atoms. The first-order valence-corrected chi connectivity index (χ1v) is 7.11. The lowest BCUT2D eigenvalue weighted by Crippen LogP contribution is -2.39. The molecule has 0 radical (unpaired) electrons. The van der Waals surface area contributed by atoms with Gasteiger partial charge in [-0.05, 0) is 44.6 Å². The Hall–Kier alpha value is -1.55. The van der Waals surface area contributed by atoms with Gasteiger partial charge in [0.1, 0.15) is 0 Å². The van der Waals surface area contributed by atoms with E-state index in [4.69, 9.17) is 5.73 Å². The van der Waals surface area contributed by atoms with Gasteiger partial charge in [-0.2, -0.15) is 0 Å². The van der Waals surface area contributed by atoms with Crippen molar-refractivity contribution in [3.8, 4) is 0 Å². The molecule has 0 heterocycles. The molecule has 0 fully saturated rings. The summed E-state index contributed by atoms with van der Waals surface area (Å²) in [7, 11) is 4.04. The fourth-order valence-corrected chi connectivity index (χ4v) is 2.08. The molecule has 1 aromatic carbocycles.